The number of hydrogen-bond donors (Lipinski definition) is 1. The summed E-state index contributed by atoms with van der Waals surface area (Å²) >= 11 is 6.36. The number of amides is 2. The molecule has 9 heteroatoms. The highest BCUT2D eigenvalue weighted by Gasteiger charge is 2.35. The predicted molar refractivity (Wildman–Crippen MR) is 181 cm³/mol. The van der Waals surface area contributed by atoms with E-state index in [1.54, 1.807) is 37.3 Å². The number of carbonyl (C=O) groups is 2. The molecule has 0 aliphatic rings. The normalized spacial score (nSPS) is 11.9. The van der Waals surface area contributed by atoms with E-state index in [9.17, 15) is 18.0 Å². The highest BCUT2D eigenvalue weighted by atomic mass is 35.5. The molecule has 0 bridgehead atoms. The zero-order valence-corrected chi connectivity index (χ0v) is 27.7. The Morgan fingerprint density at radius 3 is 2.18 bits per heavy atom. The van der Waals surface area contributed by atoms with E-state index < -0.39 is 28.5 Å². The molecule has 0 aromatic heterocycles. The van der Waals surface area contributed by atoms with E-state index in [0.29, 0.717) is 22.8 Å². The van der Waals surface area contributed by atoms with Crippen molar-refractivity contribution in [2.75, 3.05) is 17.4 Å². The highest BCUT2D eigenvalue weighted by molar-refractivity contribution is 7.92. The van der Waals surface area contributed by atoms with Crippen LogP contribution in [0, 0.1) is 20.8 Å². The molecule has 45 heavy (non-hydrogen) atoms. The van der Waals surface area contributed by atoms with Gasteiger partial charge in [-0.05, 0) is 68.1 Å². The molecule has 7 nitrogen and oxygen atoms in total. The number of nitrogens with zero attached hydrogens (tertiary/aromatic N) is 2. The van der Waals surface area contributed by atoms with Crippen molar-refractivity contribution in [1.82, 2.24) is 10.2 Å². The molecule has 236 valence electrons. The Bertz CT molecular complexity index is 1730. The maximum Gasteiger partial charge on any atom is 0.264 e. The molecule has 2 amide bonds. The van der Waals surface area contributed by atoms with Crippen LogP contribution < -0.4 is 9.62 Å². The maximum absolute atomic E-state index is 14.6. The molecule has 0 saturated heterocycles. The number of benzene rings is 4. The quantitative estimate of drug-likeness (QED) is 0.177. The zero-order valence-electron chi connectivity index (χ0n) is 26.2. The maximum atomic E-state index is 14.6. The molecular formula is C36H40ClN3O4S. The van der Waals surface area contributed by atoms with Crippen molar-refractivity contribution in [3.63, 3.8) is 0 Å². The van der Waals surface area contributed by atoms with Gasteiger partial charge in [0.2, 0.25) is 11.8 Å². The van der Waals surface area contributed by atoms with E-state index in [1.807, 2.05) is 75.4 Å². The van der Waals surface area contributed by atoms with Crippen LogP contribution in [0.1, 0.15) is 41.2 Å². The van der Waals surface area contributed by atoms with Crippen molar-refractivity contribution in [2.45, 2.75) is 58.0 Å². The Hall–Kier alpha value is -4.14. The number of sulfonamides is 1. The summed E-state index contributed by atoms with van der Waals surface area (Å²) in [6.45, 7) is 7.60. The first kappa shape index (κ1) is 33.7. The Labute approximate surface area is 271 Å². The van der Waals surface area contributed by atoms with Crippen molar-refractivity contribution in [3.8, 4) is 0 Å². The Balaban J connectivity index is 1.83. The van der Waals surface area contributed by atoms with Crippen molar-refractivity contribution in [1.29, 1.82) is 0 Å². The lowest BCUT2D eigenvalue weighted by atomic mass is 10.0. The van der Waals surface area contributed by atoms with Gasteiger partial charge in [0.1, 0.15) is 12.6 Å². The van der Waals surface area contributed by atoms with Gasteiger partial charge >= 0.3 is 0 Å². The van der Waals surface area contributed by atoms with E-state index in [2.05, 4.69) is 5.32 Å². The van der Waals surface area contributed by atoms with Gasteiger partial charge in [0, 0.05) is 24.5 Å². The third kappa shape index (κ3) is 8.74. The molecule has 4 rings (SSSR count). The summed E-state index contributed by atoms with van der Waals surface area (Å²) in [5.41, 5.74) is 4.55. The second-order valence-corrected chi connectivity index (χ2v) is 13.6. The first-order chi connectivity index (χ1) is 21.5. The van der Waals surface area contributed by atoms with Crippen LogP contribution in [0.2, 0.25) is 5.02 Å². The largest absolute Gasteiger partial charge is 0.354 e. The molecule has 0 heterocycles. The van der Waals surface area contributed by atoms with Gasteiger partial charge in [-0.1, -0.05) is 102 Å². The predicted octanol–water partition coefficient (Wildman–Crippen LogP) is 6.63. The summed E-state index contributed by atoms with van der Waals surface area (Å²) in [5, 5.41) is 3.30. The number of halogens is 1. The molecule has 4 aromatic carbocycles. The van der Waals surface area contributed by atoms with Gasteiger partial charge in [0.15, 0.2) is 0 Å². The second kappa shape index (κ2) is 15.2. The summed E-state index contributed by atoms with van der Waals surface area (Å²) in [5.74, 6) is -0.812. The fourth-order valence-corrected chi connectivity index (χ4v) is 6.77. The summed E-state index contributed by atoms with van der Waals surface area (Å²) in [4.78, 5) is 29.9. The SMILES string of the molecule is CCCNC(=O)C(Cc1ccccc1)N(Cc1cccc(C)c1)C(=O)CN(c1cc(Cl)ccc1C)S(=O)(=O)c1ccc(C)cc1. The third-order valence-corrected chi connectivity index (χ3v) is 9.59. The minimum Gasteiger partial charge on any atom is -0.354 e. The van der Waals surface area contributed by atoms with Gasteiger partial charge in [0.05, 0.1) is 10.6 Å². The topological polar surface area (TPSA) is 86.8 Å². The zero-order chi connectivity index (χ0) is 32.6. The van der Waals surface area contributed by atoms with Gasteiger partial charge in [-0.2, -0.15) is 0 Å². The highest BCUT2D eigenvalue weighted by Crippen LogP contribution is 2.30. The average molecular weight is 646 g/mol. The number of carbonyl (C=O) groups excluding carboxylic acids is 2. The molecular weight excluding hydrogens is 606 g/mol. The molecule has 1 unspecified atom stereocenters. The first-order valence-electron chi connectivity index (χ1n) is 15.0. The van der Waals surface area contributed by atoms with Gasteiger partial charge in [-0.3, -0.25) is 13.9 Å². The monoisotopic (exact) mass is 645 g/mol. The van der Waals surface area contributed by atoms with Crippen LogP contribution in [0.4, 0.5) is 5.69 Å². The van der Waals surface area contributed by atoms with Crippen LogP contribution in [0.25, 0.3) is 0 Å². The molecule has 4 aromatic rings. The standard InChI is InChI=1S/C36H40ClN3O4S/c1-5-20-38-36(42)34(22-29-11-7-6-8-12-29)39(24-30-13-9-10-27(3)21-30)35(41)25-40(33-23-31(37)17-16-28(33)4)45(43,44)32-18-14-26(2)15-19-32/h6-19,21,23,34H,5,20,22,24-25H2,1-4H3,(H,38,42). The number of aryl methyl sites for hydroxylation is 3. The lowest BCUT2D eigenvalue weighted by Gasteiger charge is -2.34. The van der Waals surface area contributed by atoms with Crippen LogP contribution in [0.3, 0.4) is 0 Å². The smallest absolute Gasteiger partial charge is 0.264 e. The van der Waals surface area contributed by atoms with Gasteiger partial charge < -0.3 is 10.2 Å². The van der Waals surface area contributed by atoms with Crippen molar-refractivity contribution < 1.29 is 18.0 Å². The molecule has 0 saturated carbocycles. The van der Waals surface area contributed by atoms with Crippen LogP contribution in [-0.4, -0.2) is 44.3 Å². The van der Waals surface area contributed by atoms with Crippen molar-refractivity contribution in [3.05, 3.63) is 130 Å². The molecule has 0 spiro atoms. The van der Waals surface area contributed by atoms with Gasteiger partial charge in [-0.15, -0.1) is 0 Å². The van der Waals surface area contributed by atoms with E-state index in [1.165, 1.54) is 17.0 Å². The number of rotatable bonds is 13. The molecule has 0 radical (unpaired) electrons. The summed E-state index contributed by atoms with van der Waals surface area (Å²) in [7, 11) is -4.21. The van der Waals surface area contributed by atoms with Crippen LogP contribution >= 0.6 is 11.6 Å². The minimum absolute atomic E-state index is 0.0482. The molecule has 0 fully saturated rings. The summed E-state index contributed by atoms with van der Waals surface area (Å²) < 4.78 is 29.6. The van der Waals surface area contributed by atoms with E-state index in [4.69, 9.17) is 11.6 Å². The molecule has 0 aliphatic carbocycles. The first-order valence-corrected chi connectivity index (χ1v) is 16.8. The van der Waals surface area contributed by atoms with Crippen molar-refractivity contribution in [2.24, 2.45) is 0 Å². The molecule has 1 atom stereocenters. The average Bonchev–Trinajstić information content (AvgIpc) is 3.02. The van der Waals surface area contributed by atoms with Gasteiger partial charge in [-0.25, -0.2) is 8.42 Å². The Kier molecular flexibility index (Phi) is 11.4. The fraction of sp³-hybridized carbons (Fsp3) is 0.278. The third-order valence-electron chi connectivity index (χ3n) is 7.58. The van der Waals surface area contributed by atoms with Crippen LogP contribution in [-0.2, 0) is 32.6 Å². The van der Waals surface area contributed by atoms with Gasteiger partial charge in [0.25, 0.3) is 10.0 Å². The second-order valence-electron chi connectivity index (χ2n) is 11.3. The summed E-state index contributed by atoms with van der Waals surface area (Å²) in [6.07, 6.45) is 0.987. The lowest BCUT2D eigenvalue weighted by Crippen LogP contribution is -2.53. The van der Waals surface area contributed by atoms with Crippen LogP contribution in [0.5, 0.6) is 0 Å². The number of anilines is 1. The Morgan fingerprint density at radius 2 is 1.51 bits per heavy atom. The van der Waals surface area contributed by atoms with Crippen LogP contribution in [0.15, 0.2) is 102 Å². The number of nitrogens with one attached hydrogen (secondary N) is 1. The van der Waals surface area contributed by atoms with E-state index >= 15 is 0 Å². The fourth-order valence-electron chi connectivity index (χ4n) is 5.13. The van der Waals surface area contributed by atoms with Crippen molar-refractivity contribution >= 4 is 39.1 Å². The lowest BCUT2D eigenvalue weighted by molar-refractivity contribution is -0.140. The minimum atomic E-state index is -4.21. The van der Waals surface area contributed by atoms with E-state index in [-0.39, 0.29) is 23.8 Å². The number of hydrogen-bond acceptors (Lipinski definition) is 4. The Morgan fingerprint density at radius 1 is 0.822 bits per heavy atom. The molecule has 0 aliphatic heterocycles. The summed E-state index contributed by atoms with van der Waals surface area (Å²) in [6, 6.07) is 27.8. The molecule has 1 N–H and O–H groups in total. The van der Waals surface area contributed by atoms with E-state index in [0.717, 1.165) is 33.0 Å².